The van der Waals surface area contributed by atoms with Crippen molar-refractivity contribution in [2.24, 2.45) is 0 Å². The number of hydrogen-bond donors (Lipinski definition) is 1. The van der Waals surface area contributed by atoms with E-state index in [2.05, 4.69) is 30.9 Å². The Morgan fingerprint density at radius 3 is 2.73 bits per heavy atom. The van der Waals surface area contributed by atoms with Crippen molar-refractivity contribution in [2.75, 3.05) is 17.2 Å². The van der Waals surface area contributed by atoms with Gasteiger partial charge < -0.3 is 10.6 Å². The van der Waals surface area contributed by atoms with Crippen LogP contribution in [0.2, 0.25) is 5.02 Å². The van der Waals surface area contributed by atoms with Gasteiger partial charge in [-0.3, -0.25) is 4.98 Å². The molecule has 4 rings (SSSR count). The number of fused-ring (bicyclic) bond motifs is 1. The summed E-state index contributed by atoms with van der Waals surface area (Å²) < 4.78 is 0. The number of anilines is 2. The van der Waals surface area contributed by atoms with Gasteiger partial charge in [0, 0.05) is 49.2 Å². The summed E-state index contributed by atoms with van der Waals surface area (Å²) in [5, 5.41) is 0.599. The van der Waals surface area contributed by atoms with Crippen molar-refractivity contribution in [1.29, 1.82) is 0 Å². The molecule has 1 aliphatic heterocycles. The highest BCUT2D eigenvalue weighted by Gasteiger charge is 2.21. The summed E-state index contributed by atoms with van der Waals surface area (Å²) in [5.41, 5.74) is 11.8. The van der Waals surface area contributed by atoms with Crippen LogP contribution in [0.5, 0.6) is 0 Å². The van der Waals surface area contributed by atoms with Crippen LogP contribution >= 0.6 is 11.6 Å². The fourth-order valence-corrected chi connectivity index (χ4v) is 3.50. The standard InChI is InChI=1S/C19H19ClN6/c1-11-5-12(2)18(23-7-11)14-6-17(22-9-15(14)20)26-4-3-16-13(10-26)8-24-19(21)25-16/h5-9H,3-4,10H2,1-2H3,(H2,21,24,25). The average Bonchev–Trinajstić information content (AvgIpc) is 2.62. The Kier molecular flexibility index (Phi) is 4.20. The summed E-state index contributed by atoms with van der Waals surface area (Å²) in [6.45, 7) is 5.59. The molecule has 26 heavy (non-hydrogen) atoms. The number of aromatic nitrogens is 4. The molecule has 3 aromatic rings. The van der Waals surface area contributed by atoms with Gasteiger partial charge in [-0.15, -0.1) is 0 Å². The number of pyridine rings is 2. The number of aryl methyl sites for hydroxylation is 2. The van der Waals surface area contributed by atoms with E-state index in [1.165, 1.54) is 0 Å². The van der Waals surface area contributed by atoms with Gasteiger partial charge in [-0.1, -0.05) is 17.7 Å². The zero-order chi connectivity index (χ0) is 18.3. The minimum absolute atomic E-state index is 0.324. The average molecular weight is 367 g/mol. The van der Waals surface area contributed by atoms with Crippen LogP contribution in [-0.2, 0) is 13.0 Å². The predicted octanol–water partition coefficient (Wildman–Crippen LogP) is 3.35. The minimum atomic E-state index is 0.324. The molecular weight excluding hydrogens is 348 g/mol. The van der Waals surface area contributed by atoms with Crippen LogP contribution < -0.4 is 10.6 Å². The summed E-state index contributed by atoms with van der Waals surface area (Å²) >= 11 is 6.43. The fraction of sp³-hybridized carbons (Fsp3) is 0.263. The van der Waals surface area contributed by atoms with Gasteiger partial charge in [-0.25, -0.2) is 15.0 Å². The molecule has 0 radical (unpaired) electrons. The zero-order valence-electron chi connectivity index (χ0n) is 14.7. The third-order valence-electron chi connectivity index (χ3n) is 4.59. The van der Waals surface area contributed by atoms with Gasteiger partial charge in [0.2, 0.25) is 5.95 Å². The Labute approximate surface area is 157 Å². The van der Waals surface area contributed by atoms with Gasteiger partial charge >= 0.3 is 0 Å². The van der Waals surface area contributed by atoms with E-state index < -0.39 is 0 Å². The molecule has 0 spiro atoms. The smallest absolute Gasteiger partial charge is 0.220 e. The minimum Gasteiger partial charge on any atom is -0.368 e. The maximum Gasteiger partial charge on any atom is 0.220 e. The third kappa shape index (κ3) is 3.08. The Morgan fingerprint density at radius 1 is 1.08 bits per heavy atom. The van der Waals surface area contributed by atoms with E-state index in [-0.39, 0.29) is 0 Å². The fourth-order valence-electron chi connectivity index (χ4n) is 3.31. The molecule has 0 atom stereocenters. The Bertz CT molecular complexity index is 988. The van der Waals surface area contributed by atoms with E-state index in [0.29, 0.717) is 17.5 Å². The van der Waals surface area contributed by atoms with Crippen molar-refractivity contribution in [1.82, 2.24) is 19.9 Å². The van der Waals surface area contributed by atoms with Gasteiger partial charge in [0.15, 0.2) is 0 Å². The van der Waals surface area contributed by atoms with Gasteiger partial charge in [-0.2, -0.15) is 0 Å². The highest BCUT2D eigenvalue weighted by atomic mass is 35.5. The summed E-state index contributed by atoms with van der Waals surface area (Å²) in [4.78, 5) is 19.7. The first-order chi connectivity index (χ1) is 12.5. The number of nitrogens with two attached hydrogens (primary N) is 1. The normalized spacial score (nSPS) is 13.6. The molecule has 0 saturated carbocycles. The quantitative estimate of drug-likeness (QED) is 0.749. The number of halogens is 1. The molecule has 2 N–H and O–H groups in total. The van der Waals surface area contributed by atoms with E-state index in [0.717, 1.165) is 52.4 Å². The van der Waals surface area contributed by atoms with Gasteiger partial charge in [0.1, 0.15) is 5.82 Å². The second kappa shape index (κ2) is 6.53. The largest absolute Gasteiger partial charge is 0.368 e. The summed E-state index contributed by atoms with van der Waals surface area (Å²) in [6.07, 6.45) is 6.16. The van der Waals surface area contributed by atoms with Gasteiger partial charge in [0.25, 0.3) is 0 Å². The maximum absolute atomic E-state index is 6.43. The first-order valence-electron chi connectivity index (χ1n) is 8.45. The van der Waals surface area contributed by atoms with Crippen LogP contribution in [-0.4, -0.2) is 26.5 Å². The molecule has 0 aliphatic carbocycles. The van der Waals surface area contributed by atoms with Crippen molar-refractivity contribution in [2.45, 2.75) is 26.8 Å². The summed E-state index contributed by atoms with van der Waals surface area (Å²) in [6, 6.07) is 4.12. The highest BCUT2D eigenvalue weighted by Crippen LogP contribution is 2.32. The van der Waals surface area contributed by atoms with Crippen LogP contribution in [0.25, 0.3) is 11.3 Å². The Balaban J connectivity index is 1.69. The van der Waals surface area contributed by atoms with E-state index in [9.17, 15) is 0 Å². The van der Waals surface area contributed by atoms with Crippen molar-refractivity contribution in [3.63, 3.8) is 0 Å². The lowest BCUT2D eigenvalue weighted by molar-refractivity contribution is 0.698. The van der Waals surface area contributed by atoms with E-state index in [4.69, 9.17) is 17.3 Å². The topological polar surface area (TPSA) is 80.8 Å². The zero-order valence-corrected chi connectivity index (χ0v) is 15.5. The van der Waals surface area contributed by atoms with Crippen LogP contribution in [0.15, 0.2) is 30.7 Å². The molecule has 0 aromatic carbocycles. The molecule has 0 bridgehead atoms. The van der Waals surface area contributed by atoms with Crippen molar-refractivity contribution >= 4 is 23.4 Å². The molecule has 3 aromatic heterocycles. The molecule has 1 aliphatic rings. The molecule has 132 valence electrons. The van der Waals surface area contributed by atoms with Crippen LogP contribution in [0, 0.1) is 13.8 Å². The van der Waals surface area contributed by atoms with Crippen molar-refractivity contribution < 1.29 is 0 Å². The molecule has 0 unspecified atom stereocenters. The number of rotatable bonds is 2. The summed E-state index contributed by atoms with van der Waals surface area (Å²) in [5.74, 6) is 1.19. The molecular formula is C19H19ClN6. The van der Waals surface area contributed by atoms with Gasteiger partial charge in [0.05, 0.1) is 16.4 Å². The molecule has 0 fully saturated rings. The molecule has 0 amide bonds. The second-order valence-corrected chi connectivity index (χ2v) is 6.98. The van der Waals surface area contributed by atoms with E-state index in [1.807, 2.05) is 26.1 Å². The third-order valence-corrected chi connectivity index (χ3v) is 4.89. The lowest BCUT2D eigenvalue weighted by atomic mass is 10.0. The number of nitrogens with zero attached hydrogens (tertiary/aromatic N) is 5. The molecule has 6 nitrogen and oxygen atoms in total. The molecule has 7 heteroatoms. The van der Waals surface area contributed by atoms with E-state index >= 15 is 0 Å². The first-order valence-corrected chi connectivity index (χ1v) is 8.83. The SMILES string of the molecule is Cc1cnc(-c2cc(N3CCc4nc(N)ncc4C3)ncc2Cl)c(C)c1. The summed E-state index contributed by atoms with van der Waals surface area (Å²) in [7, 11) is 0. The Morgan fingerprint density at radius 2 is 1.92 bits per heavy atom. The lowest BCUT2D eigenvalue weighted by Gasteiger charge is -2.29. The number of nitrogen functional groups attached to an aromatic ring is 1. The van der Waals surface area contributed by atoms with Crippen LogP contribution in [0.3, 0.4) is 0 Å². The van der Waals surface area contributed by atoms with Crippen molar-refractivity contribution in [3.05, 3.63) is 58.1 Å². The molecule has 0 saturated heterocycles. The first kappa shape index (κ1) is 16.7. The molecule has 4 heterocycles. The monoisotopic (exact) mass is 366 g/mol. The van der Waals surface area contributed by atoms with Gasteiger partial charge in [-0.05, 0) is 31.0 Å². The Hall–Kier alpha value is -2.73. The van der Waals surface area contributed by atoms with E-state index in [1.54, 1.807) is 12.4 Å². The highest BCUT2D eigenvalue weighted by molar-refractivity contribution is 6.33. The maximum atomic E-state index is 6.43. The van der Waals surface area contributed by atoms with Crippen LogP contribution in [0.1, 0.15) is 22.4 Å². The van der Waals surface area contributed by atoms with Crippen LogP contribution in [0.4, 0.5) is 11.8 Å². The lowest BCUT2D eigenvalue weighted by Crippen LogP contribution is -2.32. The van der Waals surface area contributed by atoms with Crippen molar-refractivity contribution in [3.8, 4) is 11.3 Å². The number of hydrogen-bond acceptors (Lipinski definition) is 6. The predicted molar refractivity (Wildman–Crippen MR) is 103 cm³/mol. The second-order valence-electron chi connectivity index (χ2n) is 6.57.